The Hall–Kier alpha value is -1.56. The molecule has 2 amide bonds. The molecule has 2 N–H and O–H groups in total. The lowest BCUT2D eigenvalue weighted by Gasteiger charge is -2.21. The number of amides is 2. The van der Waals surface area contributed by atoms with Gasteiger partial charge in [-0.1, -0.05) is 0 Å². The molecular weight excluding hydrogens is 256 g/mol. The van der Waals surface area contributed by atoms with Gasteiger partial charge in [0.2, 0.25) is 0 Å². The fourth-order valence-electron chi connectivity index (χ4n) is 1.97. The Morgan fingerprint density at radius 3 is 2.75 bits per heavy atom. The zero-order valence-electron chi connectivity index (χ0n) is 12.6. The SMILES string of the molecule is CN(CC(O)C1CC1)C(=O)Nc1cnn(C(C)(C)C)c1. The third kappa shape index (κ3) is 3.72. The normalized spacial score (nSPS) is 16.9. The summed E-state index contributed by atoms with van der Waals surface area (Å²) in [7, 11) is 1.69. The van der Waals surface area contributed by atoms with E-state index >= 15 is 0 Å². The first kappa shape index (κ1) is 14.8. The number of nitrogens with one attached hydrogen (secondary N) is 1. The number of aliphatic hydroxyl groups excluding tert-OH is 1. The van der Waals surface area contributed by atoms with E-state index in [4.69, 9.17) is 0 Å². The van der Waals surface area contributed by atoms with Gasteiger partial charge >= 0.3 is 6.03 Å². The Morgan fingerprint density at radius 2 is 2.25 bits per heavy atom. The summed E-state index contributed by atoms with van der Waals surface area (Å²) in [5.41, 5.74) is 0.550. The lowest BCUT2D eigenvalue weighted by atomic mass is 10.1. The van der Waals surface area contributed by atoms with Crippen molar-refractivity contribution in [2.24, 2.45) is 5.92 Å². The molecule has 6 nitrogen and oxygen atoms in total. The highest BCUT2D eigenvalue weighted by Crippen LogP contribution is 2.32. The number of anilines is 1. The van der Waals surface area contributed by atoms with Crippen LogP contribution in [0.4, 0.5) is 10.5 Å². The predicted molar refractivity (Wildman–Crippen MR) is 77.6 cm³/mol. The van der Waals surface area contributed by atoms with Gasteiger partial charge in [-0.3, -0.25) is 4.68 Å². The lowest BCUT2D eigenvalue weighted by Crippen LogP contribution is -2.37. The average molecular weight is 280 g/mol. The Labute approximate surface area is 119 Å². The molecule has 2 rings (SSSR count). The summed E-state index contributed by atoms with van der Waals surface area (Å²) in [5.74, 6) is 0.369. The highest BCUT2D eigenvalue weighted by Gasteiger charge is 2.31. The molecule has 1 atom stereocenters. The summed E-state index contributed by atoms with van der Waals surface area (Å²) in [5, 5.41) is 16.9. The number of aliphatic hydroxyl groups is 1. The number of likely N-dealkylation sites (N-methyl/N-ethyl adjacent to an activating group) is 1. The lowest BCUT2D eigenvalue weighted by molar-refractivity contribution is 0.117. The van der Waals surface area contributed by atoms with Gasteiger partial charge in [-0.25, -0.2) is 4.79 Å². The number of urea groups is 1. The topological polar surface area (TPSA) is 70.4 Å². The highest BCUT2D eigenvalue weighted by atomic mass is 16.3. The maximum absolute atomic E-state index is 12.0. The summed E-state index contributed by atoms with van der Waals surface area (Å²) in [6, 6.07) is -0.224. The molecule has 0 aliphatic heterocycles. The minimum Gasteiger partial charge on any atom is -0.391 e. The molecule has 0 aromatic carbocycles. The first-order valence-electron chi connectivity index (χ1n) is 7.02. The Balaban J connectivity index is 1.88. The summed E-state index contributed by atoms with van der Waals surface area (Å²) in [4.78, 5) is 13.5. The summed E-state index contributed by atoms with van der Waals surface area (Å²) >= 11 is 0. The fourth-order valence-corrected chi connectivity index (χ4v) is 1.97. The molecule has 1 aliphatic rings. The van der Waals surface area contributed by atoms with Crippen molar-refractivity contribution in [1.82, 2.24) is 14.7 Å². The molecule has 1 unspecified atom stereocenters. The van der Waals surface area contributed by atoms with E-state index in [1.807, 2.05) is 31.6 Å². The molecule has 0 radical (unpaired) electrons. The van der Waals surface area contributed by atoms with Crippen molar-refractivity contribution in [3.8, 4) is 0 Å². The number of carbonyl (C=O) groups is 1. The second kappa shape index (κ2) is 5.44. The van der Waals surface area contributed by atoms with Gasteiger partial charge in [0.1, 0.15) is 0 Å². The van der Waals surface area contributed by atoms with Gasteiger partial charge in [0.15, 0.2) is 0 Å². The summed E-state index contributed by atoms with van der Waals surface area (Å²) in [6.45, 7) is 6.50. The largest absolute Gasteiger partial charge is 0.391 e. The molecule has 0 spiro atoms. The minimum absolute atomic E-state index is 0.114. The van der Waals surface area contributed by atoms with E-state index in [1.165, 1.54) is 4.90 Å². The first-order chi connectivity index (χ1) is 9.27. The van der Waals surface area contributed by atoms with Crippen LogP contribution in [0.25, 0.3) is 0 Å². The van der Waals surface area contributed by atoms with Gasteiger partial charge in [-0.05, 0) is 39.5 Å². The Kier molecular flexibility index (Phi) is 4.04. The molecule has 0 bridgehead atoms. The van der Waals surface area contributed by atoms with Crippen LogP contribution in [0.3, 0.4) is 0 Å². The number of hydrogen-bond acceptors (Lipinski definition) is 3. The molecule has 1 aliphatic carbocycles. The van der Waals surface area contributed by atoms with Crippen LogP contribution in [0.2, 0.25) is 0 Å². The molecule has 1 aromatic rings. The van der Waals surface area contributed by atoms with E-state index in [-0.39, 0.29) is 11.6 Å². The average Bonchev–Trinajstić information content (AvgIpc) is 3.08. The summed E-state index contributed by atoms with van der Waals surface area (Å²) < 4.78 is 1.81. The number of carbonyl (C=O) groups excluding carboxylic acids is 1. The van der Waals surface area contributed by atoms with Gasteiger partial charge in [0, 0.05) is 19.8 Å². The number of rotatable bonds is 4. The van der Waals surface area contributed by atoms with Gasteiger partial charge in [-0.15, -0.1) is 0 Å². The minimum atomic E-state index is -0.414. The first-order valence-corrected chi connectivity index (χ1v) is 7.02. The predicted octanol–water partition coefficient (Wildman–Crippen LogP) is 1.87. The fraction of sp³-hybridized carbons (Fsp3) is 0.714. The van der Waals surface area contributed by atoms with E-state index in [1.54, 1.807) is 13.2 Å². The zero-order chi connectivity index (χ0) is 14.9. The van der Waals surface area contributed by atoms with Gasteiger partial charge in [-0.2, -0.15) is 5.10 Å². The van der Waals surface area contributed by atoms with E-state index in [0.29, 0.717) is 18.2 Å². The number of aromatic nitrogens is 2. The molecule has 1 saturated carbocycles. The third-order valence-corrected chi connectivity index (χ3v) is 3.49. The molecule has 6 heteroatoms. The monoisotopic (exact) mass is 280 g/mol. The van der Waals surface area contributed by atoms with Crippen molar-refractivity contribution in [2.45, 2.75) is 45.3 Å². The second-order valence-corrected chi connectivity index (χ2v) is 6.56. The van der Waals surface area contributed by atoms with Gasteiger partial charge < -0.3 is 15.3 Å². The van der Waals surface area contributed by atoms with Crippen LogP contribution in [0, 0.1) is 5.92 Å². The highest BCUT2D eigenvalue weighted by molar-refractivity contribution is 5.88. The molecule has 1 fully saturated rings. The molecule has 1 heterocycles. The molecule has 0 saturated heterocycles. The molecule has 1 aromatic heterocycles. The molecular formula is C14H24N4O2. The quantitative estimate of drug-likeness (QED) is 0.884. The molecule has 112 valence electrons. The number of hydrogen-bond donors (Lipinski definition) is 2. The third-order valence-electron chi connectivity index (χ3n) is 3.49. The van der Waals surface area contributed by atoms with Gasteiger partial charge in [0.25, 0.3) is 0 Å². The van der Waals surface area contributed by atoms with E-state index in [9.17, 15) is 9.90 Å². The smallest absolute Gasteiger partial charge is 0.321 e. The van der Waals surface area contributed by atoms with Crippen molar-refractivity contribution in [3.05, 3.63) is 12.4 Å². The van der Waals surface area contributed by atoms with E-state index in [0.717, 1.165) is 12.8 Å². The Morgan fingerprint density at radius 1 is 1.60 bits per heavy atom. The van der Waals surface area contributed by atoms with E-state index < -0.39 is 6.10 Å². The molecule has 20 heavy (non-hydrogen) atoms. The number of nitrogens with zero attached hydrogens (tertiary/aromatic N) is 3. The second-order valence-electron chi connectivity index (χ2n) is 6.56. The van der Waals surface area contributed by atoms with Crippen molar-refractivity contribution in [1.29, 1.82) is 0 Å². The van der Waals surface area contributed by atoms with Crippen LogP contribution in [0.1, 0.15) is 33.6 Å². The van der Waals surface area contributed by atoms with Crippen molar-refractivity contribution < 1.29 is 9.90 Å². The van der Waals surface area contributed by atoms with Crippen LogP contribution in [0.5, 0.6) is 0 Å². The van der Waals surface area contributed by atoms with Crippen molar-refractivity contribution in [3.63, 3.8) is 0 Å². The van der Waals surface area contributed by atoms with Crippen molar-refractivity contribution in [2.75, 3.05) is 18.9 Å². The maximum atomic E-state index is 12.0. The van der Waals surface area contributed by atoms with Crippen LogP contribution in [-0.2, 0) is 5.54 Å². The summed E-state index contributed by atoms with van der Waals surface area (Å²) in [6.07, 6.45) is 5.16. The van der Waals surface area contributed by atoms with Crippen LogP contribution >= 0.6 is 0 Å². The maximum Gasteiger partial charge on any atom is 0.321 e. The Bertz CT molecular complexity index is 474. The van der Waals surface area contributed by atoms with Crippen LogP contribution in [-0.4, -0.2) is 45.5 Å². The van der Waals surface area contributed by atoms with Gasteiger partial charge in [0.05, 0.1) is 23.5 Å². The van der Waals surface area contributed by atoms with Crippen molar-refractivity contribution >= 4 is 11.7 Å². The van der Waals surface area contributed by atoms with Crippen LogP contribution < -0.4 is 5.32 Å². The zero-order valence-corrected chi connectivity index (χ0v) is 12.6. The van der Waals surface area contributed by atoms with E-state index in [2.05, 4.69) is 10.4 Å². The standard InChI is InChI=1S/C14H24N4O2/c1-14(2,3)18-8-11(7-15-18)16-13(20)17(4)9-12(19)10-5-6-10/h7-8,10,12,19H,5-6,9H2,1-4H3,(H,16,20). The van der Waals surface area contributed by atoms with Crippen LogP contribution in [0.15, 0.2) is 12.4 Å².